The fraction of sp³-hybridized carbons (Fsp3) is 0.889. The lowest BCUT2D eigenvalue weighted by Crippen LogP contribution is -2.50. The van der Waals surface area contributed by atoms with Gasteiger partial charge in [-0.05, 0) is 39.7 Å². The summed E-state index contributed by atoms with van der Waals surface area (Å²) in [6.45, 7) is 5.67. The van der Waals surface area contributed by atoms with Crippen LogP contribution in [0.25, 0.3) is 0 Å². The van der Waals surface area contributed by atoms with Gasteiger partial charge in [-0.15, -0.1) is 24.0 Å². The quantitative estimate of drug-likeness (QED) is 0.346. The van der Waals surface area contributed by atoms with Gasteiger partial charge >= 0.3 is 6.09 Å². The summed E-state index contributed by atoms with van der Waals surface area (Å²) in [5.74, 6) is 0.856. The molecule has 1 amide bonds. The molecule has 8 heteroatoms. The molecule has 0 bridgehead atoms. The van der Waals surface area contributed by atoms with E-state index in [0.717, 1.165) is 51.0 Å². The van der Waals surface area contributed by atoms with Crippen molar-refractivity contribution in [3.63, 3.8) is 0 Å². The Morgan fingerprint density at radius 3 is 2.46 bits per heavy atom. The molecule has 1 aliphatic carbocycles. The number of amides is 1. The Hall–Kier alpha value is -0.770. The second-order valence-corrected chi connectivity index (χ2v) is 7.02. The molecule has 0 aromatic carbocycles. The zero-order valence-electron chi connectivity index (χ0n) is 16.5. The van der Waals surface area contributed by atoms with Crippen molar-refractivity contribution < 1.29 is 9.53 Å². The predicted octanol–water partition coefficient (Wildman–Crippen LogP) is 2.26. The number of hydrogen-bond donors (Lipinski definition) is 2. The third-order valence-corrected chi connectivity index (χ3v) is 5.29. The van der Waals surface area contributed by atoms with E-state index in [0.29, 0.717) is 12.6 Å². The molecule has 1 saturated heterocycles. The Labute approximate surface area is 175 Å². The molecule has 2 rings (SSSR count). The van der Waals surface area contributed by atoms with E-state index in [2.05, 4.69) is 27.6 Å². The van der Waals surface area contributed by atoms with Crippen LogP contribution in [0.3, 0.4) is 0 Å². The highest BCUT2D eigenvalue weighted by atomic mass is 127. The minimum Gasteiger partial charge on any atom is -0.450 e. The van der Waals surface area contributed by atoms with Gasteiger partial charge in [0.2, 0.25) is 0 Å². The number of likely N-dealkylation sites (N-methyl/N-ethyl adjacent to an activating group) is 1. The second kappa shape index (κ2) is 12.6. The van der Waals surface area contributed by atoms with Crippen molar-refractivity contribution in [2.45, 2.75) is 57.5 Å². The van der Waals surface area contributed by atoms with Crippen LogP contribution in [0.15, 0.2) is 4.99 Å². The van der Waals surface area contributed by atoms with E-state index >= 15 is 0 Å². The van der Waals surface area contributed by atoms with Crippen molar-refractivity contribution >= 4 is 36.0 Å². The molecular weight excluding hydrogens is 445 g/mol. The molecule has 0 unspecified atom stereocenters. The van der Waals surface area contributed by atoms with Gasteiger partial charge in [0, 0.05) is 45.3 Å². The summed E-state index contributed by atoms with van der Waals surface area (Å²) in [4.78, 5) is 20.3. The molecule has 1 heterocycles. The van der Waals surface area contributed by atoms with Crippen LogP contribution in [0.2, 0.25) is 0 Å². The standard InChI is InChI=1S/C18H35N5O2.HI/c1-4-25-18(24)23-12-9-15(10-13-23)21-17(19-2)20-11-14-22(3)16-7-5-6-8-16;/h15-16H,4-14H2,1-3H3,(H2,19,20,21);1H. The van der Waals surface area contributed by atoms with Gasteiger partial charge < -0.3 is 25.2 Å². The molecule has 2 N–H and O–H groups in total. The molecule has 2 fully saturated rings. The zero-order chi connectivity index (χ0) is 18.1. The summed E-state index contributed by atoms with van der Waals surface area (Å²) in [6.07, 6.45) is 7.05. The molecule has 0 spiro atoms. The normalized spacial score (nSPS) is 19.4. The Balaban J connectivity index is 0.00000338. The highest BCUT2D eigenvalue weighted by Crippen LogP contribution is 2.21. The lowest BCUT2D eigenvalue weighted by atomic mass is 10.1. The molecule has 152 valence electrons. The minimum absolute atomic E-state index is 0. The van der Waals surface area contributed by atoms with Crippen LogP contribution in [-0.4, -0.2) is 80.8 Å². The van der Waals surface area contributed by atoms with Gasteiger partial charge in [0.25, 0.3) is 0 Å². The molecule has 0 atom stereocenters. The number of rotatable bonds is 6. The number of ether oxygens (including phenoxy) is 1. The lowest BCUT2D eigenvalue weighted by molar-refractivity contribution is 0.0963. The fourth-order valence-electron chi connectivity index (χ4n) is 3.69. The van der Waals surface area contributed by atoms with Crippen molar-refractivity contribution in [3.05, 3.63) is 0 Å². The first-order chi connectivity index (χ1) is 12.1. The van der Waals surface area contributed by atoms with Gasteiger partial charge in [0.1, 0.15) is 0 Å². The molecular formula is C18H36IN5O2. The third-order valence-electron chi connectivity index (χ3n) is 5.29. The fourth-order valence-corrected chi connectivity index (χ4v) is 3.69. The van der Waals surface area contributed by atoms with Gasteiger partial charge in [-0.1, -0.05) is 12.8 Å². The Morgan fingerprint density at radius 1 is 1.23 bits per heavy atom. The van der Waals surface area contributed by atoms with Gasteiger partial charge in [-0.25, -0.2) is 4.79 Å². The average Bonchev–Trinajstić information content (AvgIpc) is 3.16. The number of guanidine groups is 1. The number of nitrogens with zero attached hydrogens (tertiary/aromatic N) is 3. The number of likely N-dealkylation sites (tertiary alicyclic amines) is 1. The summed E-state index contributed by atoms with van der Waals surface area (Å²) in [6, 6.07) is 1.11. The van der Waals surface area contributed by atoms with E-state index in [4.69, 9.17) is 4.74 Å². The minimum atomic E-state index is -0.196. The number of halogens is 1. The molecule has 1 saturated carbocycles. The maximum absolute atomic E-state index is 11.7. The van der Waals surface area contributed by atoms with Crippen molar-refractivity contribution in [2.24, 2.45) is 4.99 Å². The molecule has 0 radical (unpaired) electrons. The number of hydrogen-bond acceptors (Lipinski definition) is 4. The SMILES string of the molecule is CCOC(=O)N1CCC(NC(=NC)NCCN(C)C2CCCC2)CC1.I. The summed E-state index contributed by atoms with van der Waals surface area (Å²) in [5, 5.41) is 6.90. The largest absolute Gasteiger partial charge is 0.450 e. The summed E-state index contributed by atoms with van der Waals surface area (Å²) >= 11 is 0. The van der Waals surface area contributed by atoms with Crippen LogP contribution >= 0.6 is 24.0 Å². The molecule has 7 nitrogen and oxygen atoms in total. The van der Waals surface area contributed by atoms with E-state index in [1.165, 1.54) is 25.7 Å². The first kappa shape index (κ1) is 23.3. The summed E-state index contributed by atoms with van der Waals surface area (Å²) in [5.41, 5.74) is 0. The van der Waals surface area contributed by atoms with Crippen LogP contribution < -0.4 is 10.6 Å². The molecule has 2 aliphatic rings. The highest BCUT2D eigenvalue weighted by molar-refractivity contribution is 14.0. The van der Waals surface area contributed by atoms with Crippen molar-refractivity contribution in [1.29, 1.82) is 0 Å². The number of nitrogens with one attached hydrogen (secondary N) is 2. The van der Waals surface area contributed by atoms with Crippen LogP contribution in [0.1, 0.15) is 45.4 Å². The van der Waals surface area contributed by atoms with Gasteiger partial charge in [0.05, 0.1) is 6.61 Å². The van der Waals surface area contributed by atoms with Gasteiger partial charge in [-0.2, -0.15) is 0 Å². The van der Waals surface area contributed by atoms with E-state index in [9.17, 15) is 4.79 Å². The first-order valence-electron chi connectivity index (χ1n) is 9.73. The van der Waals surface area contributed by atoms with Crippen molar-refractivity contribution in [2.75, 3.05) is 46.9 Å². The maximum atomic E-state index is 11.7. The third kappa shape index (κ3) is 7.46. The molecule has 0 aromatic heterocycles. The van der Waals surface area contributed by atoms with Crippen LogP contribution in [0, 0.1) is 0 Å². The topological polar surface area (TPSA) is 69.2 Å². The molecule has 0 aromatic rings. The van der Waals surface area contributed by atoms with Crippen molar-refractivity contribution in [1.82, 2.24) is 20.4 Å². The number of carbonyl (C=O) groups is 1. The lowest BCUT2D eigenvalue weighted by Gasteiger charge is -2.32. The Morgan fingerprint density at radius 2 is 1.88 bits per heavy atom. The smallest absolute Gasteiger partial charge is 0.409 e. The molecule has 1 aliphatic heterocycles. The van der Waals surface area contributed by atoms with E-state index in [1.807, 2.05) is 14.0 Å². The zero-order valence-corrected chi connectivity index (χ0v) is 18.8. The van der Waals surface area contributed by atoms with Crippen LogP contribution in [0.4, 0.5) is 4.79 Å². The van der Waals surface area contributed by atoms with E-state index < -0.39 is 0 Å². The summed E-state index contributed by atoms with van der Waals surface area (Å²) in [7, 11) is 4.03. The maximum Gasteiger partial charge on any atom is 0.409 e. The molecule has 26 heavy (non-hydrogen) atoms. The summed E-state index contributed by atoms with van der Waals surface area (Å²) < 4.78 is 5.06. The second-order valence-electron chi connectivity index (χ2n) is 7.02. The highest BCUT2D eigenvalue weighted by Gasteiger charge is 2.24. The van der Waals surface area contributed by atoms with Crippen LogP contribution in [-0.2, 0) is 4.74 Å². The predicted molar refractivity (Wildman–Crippen MR) is 116 cm³/mol. The van der Waals surface area contributed by atoms with Crippen LogP contribution in [0.5, 0.6) is 0 Å². The number of carbonyl (C=O) groups excluding carboxylic acids is 1. The Kier molecular flexibility index (Phi) is 11.3. The van der Waals surface area contributed by atoms with E-state index in [1.54, 1.807) is 4.90 Å². The van der Waals surface area contributed by atoms with Gasteiger partial charge in [-0.3, -0.25) is 4.99 Å². The number of aliphatic imine (C=N–C) groups is 1. The Bertz CT molecular complexity index is 435. The van der Waals surface area contributed by atoms with Gasteiger partial charge in [0.15, 0.2) is 5.96 Å². The number of piperidine rings is 1. The average molecular weight is 481 g/mol. The van der Waals surface area contributed by atoms with Crippen molar-refractivity contribution in [3.8, 4) is 0 Å². The monoisotopic (exact) mass is 481 g/mol. The van der Waals surface area contributed by atoms with E-state index in [-0.39, 0.29) is 30.1 Å². The first-order valence-corrected chi connectivity index (χ1v) is 9.73.